The molecule has 2 N–H and O–H groups in total. The zero-order chi connectivity index (χ0) is 16.5. The van der Waals surface area contributed by atoms with Crippen LogP contribution in [0.25, 0.3) is 0 Å². The quantitative estimate of drug-likeness (QED) is 0.913. The van der Waals surface area contributed by atoms with E-state index in [4.69, 9.17) is 17.3 Å². The topological polar surface area (TPSA) is 63.4 Å². The molecule has 1 aliphatic heterocycles. The molecule has 1 heterocycles. The molecular weight excluding hydrogens is 320 g/mol. The van der Waals surface area contributed by atoms with Crippen molar-refractivity contribution in [2.45, 2.75) is 51.0 Å². The van der Waals surface area contributed by atoms with Gasteiger partial charge in [0.2, 0.25) is 10.0 Å². The minimum Gasteiger partial charge on any atom is -0.327 e. The van der Waals surface area contributed by atoms with Crippen molar-refractivity contribution >= 4 is 21.6 Å². The number of halogens is 1. The molecule has 0 spiro atoms. The Morgan fingerprint density at radius 3 is 2.68 bits per heavy atom. The lowest BCUT2D eigenvalue weighted by molar-refractivity contribution is 0.155. The van der Waals surface area contributed by atoms with Gasteiger partial charge >= 0.3 is 0 Å². The Labute approximate surface area is 138 Å². The zero-order valence-corrected chi connectivity index (χ0v) is 15.0. The number of piperidine rings is 1. The van der Waals surface area contributed by atoms with Crippen LogP contribution in [0.1, 0.15) is 39.2 Å². The molecule has 1 atom stereocenters. The second-order valence-electron chi connectivity index (χ2n) is 6.74. The minimum absolute atomic E-state index is 0.0147. The van der Waals surface area contributed by atoms with Crippen molar-refractivity contribution in [2.24, 2.45) is 11.1 Å². The van der Waals surface area contributed by atoms with E-state index in [1.54, 1.807) is 12.1 Å². The van der Waals surface area contributed by atoms with Gasteiger partial charge in [0.1, 0.15) is 4.90 Å². The molecule has 0 aliphatic carbocycles. The van der Waals surface area contributed by atoms with Gasteiger partial charge in [-0.3, -0.25) is 0 Å². The number of aryl methyl sites for hydroxylation is 1. The first-order valence-corrected chi connectivity index (χ1v) is 9.54. The maximum atomic E-state index is 13.0. The summed E-state index contributed by atoms with van der Waals surface area (Å²) in [5, 5.41) is 0.285. The fourth-order valence-corrected chi connectivity index (χ4v) is 5.01. The van der Waals surface area contributed by atoms with E-state index in [-0.39, 0.29) is 21.4 Å². The average Bonchev–Trinajstić information content (AvgIpc) is 2.44. The molecule has 1 aromatic rings. The molecule has 0 aromatic heterocycles. The van der Waals surface area contributed by atoms with Crippen molar-refractivity contribution in [1.82, 2.24) is 4.31 Å². The van der Waals surface area contributed by atoms with Crippen molar-refractivity contribution in [3.8, 4) is 0 Å². The van der Waals surface area contributed by atoms with E-state index in [2.05, 4.69) is 6.92 Å². The summed E-state index contributed by atoms with van der Waals surface area (Å²) < 4.78 is 27.4. The van der Waals surface area contributed by atoms with E-state index in [1.165, 1.54) is 4.31 Å². The standard InChI is InChI=1S/C16H25ClN2O2S/c1-4-5-12-6-7-13(17)14(10-12)22(20,21)19-9-8-15(18)16(2,3)11-19/h6-7,10,15H,4-5,8-9,11,18H2,1-3H3. The lowest BCUT2D eigenvalue weighted by Crippen LogP contribution is -2.53. The molecule has 4 nitrogen and oxygen atoms in total. The molecule has 1 unspecified atom stereocenters. The van der Waals surface area contributed by atoms with Crippen LogP contribution in [0.3, 0.4) is 0 Å². The van der Waals surface area contributed by atoms with Crippen LogP contribution < -0.4 is 5.73 Å². The van der Waals surface area contributed by atoms with Gasteiger partial charge in [0.15, 0.2) is 0 Å². The predicted molar refractivity (Wildman–Crippen MR) is 90.6 cm³/mol. The monoisotopic (exact) mass is 344 g/mol. The van der Waals surface area contributed by atoms with Crippen molar-refractivity contribution in [3.05, 3.63) is 28.8 Å². The first kappa shape index (κ1) is 17.7. The van der Waals surface area contributed by atoms with E-state index in [9.17, 15) is 8.42 Å². The van der Waals surface area contributed by atoms with Gasteiger partial charge < -0.3 is 5.73 Å². The van der Waals surface area contributed by atoms with Gasteiger partial charge in [-0.1, -0.05) is 44.9 Å². The van der Waals surface area contributed by atoms with Crippen LogP contribution in [0.15, 0.2) is 23.1 Å². The summed E-state index contributed by atoms with van der Waals surface area (Å²) in [6.45, 7) is 6.95. The Morgan fingerprint density at radius 2 is 2.09 bits per heavy atom. The number of hydrogen-bond donors (Lipinski definition) is 1. The summed E-state index contributed by atoms with van der Waals surface area (Å²) in [6, 6.07) is 5.30. The minimum atomic E-state index is -3.58. The molecule has 22 heavy (non-hydrogen) atoms. The van der Waals surface area contributed by atoms with E-state index >= 15 is 0 Å². The van der Waals surface area contributed by atoms with Gasteiger partial charge in [0.25, 0.3) is 0 Å². The Bertz CT molecular complexity index is 644. The lowest BCUT2D eigenvalue weighted by atomic mass is 9.81. The van der Waals surface area contributed by atoms with Gasteiger partial charge in [-0.25, -0.2) is 8.42 Å². The Kier molecular flexibility index (Phi) is 5.22. The maximum absolute atomic E-state index is 13.0. The van der Waals surface area contributed by atoms with E-state index in [0.717, 1.165) is 18.4 Å². The molecule has 0 radical (unpaired) electrons. The number of rotatable bonds is 4. The highest BCUT2D eigenvalue weighted by Gasteiger charge is 2.39. The summed E-state index contributed by atoms with van der Waals surface area (Å²) in [4.78, 5) is 0.214. The van der Waals surface area contributed by atoms with Crippen LogP contribution in [0.2, 0.25) is 5.02 Å². The summed E-state index contributed by atoms with van der Waals surface area (Å²) in [7, 11) is -3.58. The van der Waals surface area contributed by atoms with Crippen molar-refractivity contribution < 1.29 is 8.42 Å². The van der Waals surface area contributed by atoms with Crippen LogP contribution >= 0.6 is 11.6 Å². The smallest absolute Gasteiger partial charge is 0.244 e. The Hall–Kier alpha value is -0.620. The highest BCUT2D eigenvalue weighted by atomic mass is 35.5. The maximum Gasteiger partial charge on any atom is 0.244 e. The molecule has 1 saturated heterocycles. The van der Waals surface area contributed by atoms with Crippen LogP contribution in [0.5, 0.6) is 0 Å². The normalized spacial score (nSPS) is 22.7. The van der Waals surface area contributed by atoms with Crippen LogP contribution in [0.4, 0.5) is 0 Å². The van der Waals surface area contributed by atoms with Gasteiger partial charge in [0.05, 0.1) is 5.02 Å². The van der Waals surface area contributed by atoms with E-state index in [0.29, 0.717) is 19.5 Å². The first-order valence-electron chi connectivity index (χ1n) is 7.72. The number of hydrogen-bond acceptors (Lipinski definition) is 3. The summed E-state index contributed by atoms with van der Waals surface area (Å²) in [5.74, 6) is 0. The van der Waals surface area contributed by atoms with Gasteiger partial charge in [-0.05, 0) is 36.0 Å². The molecule has 0 saturated carbocycles. The number of nitrogens with zero attached hydrogens (tertiary/aromatic N) is 1. The molecule has 1 aliphatic rings. The summed E-state index contributed by atoms with van der Waals surface area (Å²) >= 11 is 6.17. The van der Waals surface area contributed by atoms with Gasteiger partial charge in [-0.15, -0.1) is 0 Å². The highest BCUT2D eigenvalue weighted by Crippen LogP contribution is 2.33. The summed E-state index contributed by atoms with van der Waals surface area (Å²) in [6.07, 6.45) is 2.47. The second-order valence-corrected chi connectivity index (χ2v) is 9.05. The van der Waals surface area contributed by atoms with Crippen molar-refractivity contribution in [3.63, 3.8) is 0 Å². The van der Waals surface area contributed by atoms with E-state index in [1.807, 2.05) is 19.9 Å². The van der Waals surface area contributed by atoms with Crippen molar-refractivity contribution in [2.75, 3.05) is 13.1 Å². The second kappa shape index (κ2) is 6.48. The van der Waals surface area contributed by atoms with Gasteiger partial charge in [0, 0.05) is 19.1 Å². The highest BCUT2D eigenvalue weighted by molar-refractivity contribution is 7.89. The third kappa shape index (κ3) is 3.48. The molecular formula is C16H25ClN2O2S. The third-order valence-corrected chi connectivity index (χ3v) is 6.76. The van der Waals surface area contributed by atoms with Crippen LogP contribution in [-0.2, 0) is 16.4 Å². The van der Waals surface area contributed by atoms with Gasteiger partial charge in [-0.2, -0.15) is 4.31 Å². The number of benzene rings is 1. The van der Waals surface area contributed by atoms with Crippen molar-refractivity contribution in [1.29, 1.82) is 0 Å². The largest absolute Gasteiger partial charge is 0.327 e. The average molecular weight is 345 g/mol. The molecule has 124 valence electrons. The number of sulfonamides is 1. The fourth-order valence-electron chi connectivity index (χ4n) is 2.86. The zero-order valence-electron chi connectivity index (χ0n) is 13.5. The first-order chi connectivity index (χ1) is 10.2. The SMILES string of the molecule is CCCc1ccc(Cl)c(S(=O)(=O)N2CCC(N)C(C)(C)C2)c1. The lowest BCUT2D eigenvalue weighted by Gasteiger charge is -2.41. The molecule has 1 fully saturated rings. The van der Waals surface area contributed by atoms with Crippen LogP contribution in [0, 0.1) is 5.41 Å². The molecule has 1 aromatic carbocycles. The number of nitrogens with two attached hydrogens (primary N) is 1. The van der Waals surface area contributed by atoms with Crippen LogP contribution in [-0.4, -0.2) is 31.9 Å². The Balaban J connectivity index is 2.36. The molecule has 6 heteroatoms. The fraction of sp³-hybridized carbons (Fsp3) is 0.625. The Morgan fingerprint density at radius 1 is 1.41 bits per heavy atom. The molecule has 2 rings (SSSR count). The summed E-state index contributed by atoms with van der Waals surface area (Å²) in [5.41, 5.74) is 6.86. The van der Waals surface area contributed by atoms with E-state index < -0.39 is 10.0 Å². The molecule has 0 bridgehead atoms. The third-order valence-electron chi connectivity index (χ3n) is 4.43. The molecule has 0 amide bonds. The predicted octanol–water partition coefficient (Wildman–Crippen LogP) is 3.04.